The zero-order valence-corrected chi connectivity index (χ0v) is 9.84. The number of ether oxygens (including phenoxy) is 1. The van der Waals surface area contributed by atoms with Gasteiger partial charge in [-0.1, -0.05) is 18.2 Å². The van der Waals surface area contributed by atoms with Crippen molar-refractivity contribution in [3.05, 3.63) is 29.8 Å². The third-order valence-electron chi connectivity index (χ3n) is 3.11. The Balaban J connectivity index is 2.46. The maximum atomic E-state index is 11.0. The van der Waals surface area contributed by atoms with E-state index >= 15 is 0 Å². The van der Waals surface area contributed by atoms with E-state index in [2.05, 4.69) is 0 Å². The number of rotatable bonds is 4. The third kappa shape index (κ3) is 1.87. The summed E-state index contributed by atoms with van der Waals surface area (Å²) in [6.07, 6.45) is -0.0830. The van der Waals surface area contributed by atoms with Gasteiger partial charge in [0.15, 0.2) is 0 Å². The van der Waals surface area contributed by atoms with Gasteiger partial charge < -0.3 is 9.84 Å². The highest BCUT2D eigenvalue weighted by atomic mass is 16.7. The van der Waals surface area contributed by atoms with Gasteiger partial charge in [0.1, 0.15) is 5.60 Å². The lowest BCUT2D eigenvalue weighted by molar-refractivity contribution is -0.144. The molecule has 1 heterocycles. The van der Waals surface area contributed by atoms with Crippen molar-refractivity contribution in [2.75, 3.05) is 25.8 Å². The topological polar surface area (TPSA) is 59.0 Å². The summed E-state index contributed by atoms with van der Waals surface area (Å²) in [5, 5.41) is 10.7. The number of hydrogen-bond donors (Lipinski definition) is 1. The second kappa shape index (κ2) is 4.35. The molecule has 92 valence electrons. The van der Waals surface area contributed by atoms with Gasteiger partial charge in [-0.05, 0) is 6.07 Å². The summed E-state index contributed by atoms with van der Waals surface area (Å²) in [5.41, 5.74) is 0.878. The highest BCUT2D eigenvalue weighted by molar-refractivity contribution is 5.72. The van der Waals surface area contributed by atoms with Crippen LogP contribution in [0.4, 0.5) is 5.69 Å². The van der Waals surface area contributed by atoms with Crippen LogP contribution in [0.25, 0.3) is 0 Å². The third-order valence-corrected chi connectivity index (χ3v) is 3.11. The molecule has 2 rings (SSSR count). The quantitative estimate of drug-likeness (QED) is 0.857. The van der Waals surface area contributed by atoms with Crippen LogP contribution in [-0.4, -0.2) is 31.8 Å². The van der Waals surface area contributed by atoms with Gasteiger partial charge in [0.2, 0.25) is 0 Å². The molecular weight excluding hydrogens is 222 g/mol. The molecule has 0 spiro atoms. The Kier molecular flexibility index (Phi) is 3.04. The zero-order chi connectivity index (χ0) is 12.5. The molecule has 1 N–H and O–H groups in total. The van der Waals surface area contributed by atoms with Crippen LogP contribution in [0.15, 0.2) is 24.3 Å². The second-order valence-corrected chi connectivity index (χ2v) is 4.01. The molecule has 0 aliphatic carbocycles. The van der Waals surface area contributed by atoms with Crippen molar-refractivity contribution >= 4 is 11.7 Å². The van der Waals surface area contributed by atoms with E-state index < -0.39 is 11.6 Å². The van der Waals surface area contributed by atoms with Crippen LogP contribution in [0.2, 0.25) is 0 Å². The summed E-state index contributed by atoms with van der Waals surface area (Å²) in [7, 11) is 3.09. The van der Waals surface area contributed by atoms with E-state index in [1.165, 1.54) is 7.11 Å². The monoisotopic (exact) mass is 237 g/mol. The average Bonchev–Trinajstić information content (AvgIpc) is 2.64. The number of para-hydroxylation sites is 1. The van der Waals surface area contributed by atoms with Crippen molar-refractivity contribution in [1.29, 1.82) is 0 Å². The van der Waals surface area contributed by atoms with Crippen molar-refractivity contribution in [3.63, 3.8) is 0 Å². The van der Waals surface area contributed by atoms with Crippen LogP contribution in [0.3, 0.4) is 0 Å². The fourth-order valence-electron chi connectivity index (χ4n) is 2.28. The number of carboxylic acid groups (broad SMARTS) is 1. The van der Waals surface area contributed by atoms with Gasteiger partial charge in [0, 0.05) is 12.7 Å². The first-order chi connectivity index (χ1) is 8.13. The van der Waals surface area contributed by atoms with E-state index in [1.807, 2.05) is 24.3 Å². The molecule has 1 aliphatic rings. The van der Waals surface area contributed by atoms with Crippen LogP contribution in [0, 0.1) is 0 Å². The van der Waals surface area contributed by atoms with E-state index in [-0.39, 0.29) is 6.42 Å². The molecule has 1 aromatic carbocycles. The minimum Gasteiger partial charge on any atom is -0.481 e. The summed E-state index contributed by atoms with van der Waals surface area (Å²) < 4.78 is 5.47. The largest absolute Gasteiger partial charge is 0.481 e. The van der Waals surface area contributed by atoms with Gasteiger partial charge in [-0.3, -0.25) is 14.7 Å². The molecule has 0 saturated heterocycles. The van der Waals surface area contributed by atoms with E-state index in [4.69, 9.17) is 14.7 Å². The number of hydroxylamine groups is 1. The molecule has 0 fully saturated rings. The fourth-order valence-corrected chi connectivity index (χ4v) is 2.28. The molecule has 5 heteroatoms. The predicted molar refractivity (Wildman–Crippen MR) is 61.7 cm³/mol. The summed E-state index contributed by atoms with van der Waals surface area (Å²) in [6, 6.07) is 7.52. The zero-order valence-electron chi connectivity index (χ0n) is 9.84. The Morgan fingerprint density at radius 2 is 2.18 bits per heavy atom. The lowest BCUT2D eigenvalue weighted by Crippen LogP contribution is -2.37. The molecule has 0 unspecified atom stereocenters. The maximum absolute atomic E-state index is 11.0. The highest BCUT2D eigenvalue weighted by Gasteiger charge is 2.45. The van der Waals surface area contributed by atoms with Gasteiger partial charge in [-0.2, -0.15) is 0 Å². The van der Waals surface area contributed by atoms with Crippen molar-refractivity contribution < 1.29 is 19.5 Å². The Hall–Kier alpha value is -1.59. The lowest BCUT2D eigenvalue weighted by Gasteiger charge is -2.26. The standard InChI is InChI=1S/C12H15NO4/c1-16-12(7-11(14)15)8-13(17-2)10-6-4-3-5-9(10)12/h3-6H,7-8H2,1-2H3,(H,14,15)/t12-/m1/s1. The van der Waals surface area contributed by atoms with Crippen LogP contribution in [-0.2, 0) is 20.0 Å². The van der Waals surface area contributed by atoms with Crippen LogP contribution >= 0.6 is 0 Å². The number of carbonyl (C=O) groups is 1. The predicted octanol–water partition coefficient (Wildman–Crippen LogP) is 1.38. The van der Waals surface area contributed by atoms with Crippen LogP contribution < -0.4 is 5.06 Å². The van der Waals surface area contributed by atoms with E-state index in [0.717, 1.165) is 11.3 Å². The number of methoxy groups -OCH3 is 1. The Bertz CT molecular complexity index is 434. The van der Waals surface area contributed by atoms with Gasteiger partial charge in [0.05, 0.1) is 25.8 Å². The summed E-state index contributed by atoms with van der Waals surface area (Å²) in [6.45, 7) is 0.381. The van der Waals surface area contributed by atoms with Crippen molar-refractivity contribution in [1.82, 2.24) is 0 Å². The van der Waals surface area contributed by atoms with Gasteiger partial charge in [-0.15, -0.1) is 0 Å². The molecule has 1 aromatic rings. The number of carboxylic acids is 1. The van der Waals surface area contributed by atoms with E-state index in [9.17, 15) is 4.79 Å². The Labute approximate surface area is 99.5 Å². The number of nitrogens with zero attached hydrogens (tertiary/aromatic N) is 1. The number of hydrogen-bond acceptors (Lipinski definition) is 4. The van der Waals surface area contributed by atoms with Crippen LogP contribution in [0.5, 0.6) is 0 Å². The fraction of sp³-hybridized carbons (Fsp3) is 0.417. The van der Waals surface area contributed by atoms with Gasteiger partial charge in [-0.25, -0.2) is 0 Å². The smallest absolute Gasteiger partial charge is 0.306 e. The Morgan fingerprint density at radius 1 is 1.47 bits per heavy atom. The Morgan fingerprint density at radius 3 is 2.76 bits per heavy atom. The molecular formula is C12H15NO4. The number of anilines is 1. The van der Waals surface area contributed by atoms with Crippen molar-refractivity contribution in [2.45, 2.75) is 12.0 Å². The molecule has 0 bridgehead atoms. The molecule has 5 nitrogen and oxygen atoms in total. The number of fused-ring (bicyclic) bond motifs is 1. The minimum atomic E-state index is -0.889. The summed E-state index contributed by atoms with van der Waals surface area (Å²) in [5.74, 6) is -0.889. The average molecular weight is 237 g/mol. The maximum Gasteiger partial charge on any atom is 0.306 e. The molecule has 0 radical (unpaired) electrons. The SMILES string of the molecule is CON1C[C@@](CC(=O)O)(OC)c2ccccc21. The van der Waals surface area contributed by atoms with Crippen LogP contribution in [0.1, 0.15) is 12.0 Å². The molecule has 17 heavy (non-hydrogen) atoms. The lowest BCUT2D eigenvalue weighted by atomic mass is 9.92. The summed E-state index contributed by atoms with van der Waals surface area (Å²) in [4.78, 5) is 16.2. The molecule has 1 atom stereocenters. The van der Waals surface area contributed by atoms with Gasteiger partial charge in [0.25, 0.3) is 0 Å². The first-order valence-corrected chi connectivity index (χ1v) is 5.31. The summed E-state index contributed by atoms with van der Waals surface area (Å²) >= 11 is 0. The first-order valence-electron chi connectivity index (χ1n) is 5.31. The minimum absolute atomic E-state index is 0.0830. The molecule has 0 aromatic heterocycles. The highest BCUT2D eigenvalue weighted by Crippen LogP contribution is 2.43. The number of benzene rings is 1. The number of aliphatic carboxylic acids is 1. The van der Waals surface area contributed by atoms with E-state index in [0.29, 0.717) is 6.54 Å². The molecule has 0 amide bonds. The van der Waals surface area contributed by atoms with E-state index in [1.54, 1.807) is 12.2 Å². The first kappa shape index (κ1) is 11.9. The van der Waals surface area contributed by atoms with Gasteiger partial charge >= 0.3 is 5.97 Å². The molecule has 1 aliphatic heterocycles. The molecule has 0 saturated carbocycles. The van der Waals surface area contributed by atoms with Crippen molar-refractivity contribution in [2.24, 2.45) is 0 Å². The normalized spacial score (nSPS) is 22.6. The van der Waals surface area contributed by atoms with Crippen molar-refractivity contribution in [3.8, 4) is 0 Å². The second-order valence-electron chi connectivity index (χ2n) is 4.01.